The average Bonchev–Trinajstić information content (AvgIpc) is 3.14. The topological polar surface area (TPSA) is 50.5 Å². The summed E-state index contributed by atoms with van der Waals surface area (Å²) in [5.74, 6) is 1.08. The van der Waals surface area contributed by atoms with Crippen LogP contribution >= 0.6 is 23.5 Å². The van der Waals surface area contributed by atoms with Crippen molar-refractivity contribution in [3.63, 3.8) is 0 Å². The zero-order valence-electron chi connectivity index (χ0n) is 12.7. The van der Waals surface area contributed by atoms with Gasteiger partial charge in [0.25, 0.3) is 0 Å². The van der Waals surface area contributed by atoms with Gasteiger partial charge in [0.05, 0.1) is 22.8 Å². The molecule has 3 heterocycles. The van der Waals surface area contributed by atoms with Crippen LogP contribution in [-0.4, -0.2) is 31.9 Å². The summed E-state index contributed by atoms with van der Waals surface area (Å²) >= 11 is 3.32. The third-order valence-corrected chi connectivity index (χ3v) is 6.41. The lowest BCUT2D eigenvalue weighted by molar-refractivity contribution is -0.116. The van der Waals surface area contributed by atoms with Gasteiger partial charge in [-0.05, 0) is 18.1 Å². The molecule has 5 nitrogen and oxygen atoms in total. The second kappa shape index (κ2) is 6.05. The number of nitrogens with zero attached hydrogens (tertiary/aromatic N) is 4. The minimum atomic E-state index is -0.0493. The fourth-order valence-electron chi connectivity index (χ4n) is 2.76. The van der Waals surface area contributed by atoms with Crippen LogP contribution in [0, 0.1) is 0 Å². The number of fused-ring (bicyclic) bond motifs is 1. The third-order valence-electron chi connectivity index (χ3n) is 3.96. The molecule has 0 saturated carbocycles. The maximum Gasteiger partial charge on any atom is 0.240 e. The van der Waals surface area contributed by atoms with Crippen LogP contribution in [0.2, 0.25) is 0 Å². The lowest BCUT2D eigenvalue weighted by Crippen LogP contribution is -2.28. The first kappa shape index (κ1) is 14.8. The molecule has 2 aliphatic rings. The van der Waals surface area contributed by atoms with Gasteiger partial charge in [0, 0.05) is 25.5 Å². The summed E-state index contributed by atoms with van der Waals surface area (Å²) in [6.07, 6.45) is 4.47. The number of carbonyl (C=O) groups is 1. The third kappa shape index (κ3) is 2.90. The highest BCUT2D eigenvalue weighted by atomic mass is 32.2. The molecule has 1 unspecified atom stereocenters. The number of aliphatic imine (C=N–C) groups is 1. The Balaban J connectivity index is 1.48. The van der Waals surface area contributed by atoms with Gasteiger partial charge in [0.15, 0.2) is 0 Å². The zero-order valence-corrected chi connectivity index (χ0v) is 14.3. The number of amides is 1. The molecule has 0 bridgehead atoms. The summed E-state index contributed by atoms with van der Waals surface area (Å²) in [5, 5.41) is 4.10. The molecule has 23 heavy (non-hydrogen) atoms. The van der Waals surface area contributed by atoms with Crippen LogP contribution in [0.5, 0.6) is 0 Å². The highest BCUT2D eigenvalue weighted by molar-refractivity contribution is 8.39. The quantitative estimate of drug-likeness (QED) is 0.839. The number of carbonyl (C=O) groups excluding carboxylic acids is 1. The largest absolute Gasteiger partial charge is 0.308 e. The van der Waals surface area contributed by atoms with E-state index in [-0.39, 0.29) is 11.2 Å². The Bertz CT molecular complexity index is 786. The van der Waals surface area contributed by atoms with E-state index in [1.165, 1.54) is 5.56 Å². The molecule has 1 aromatic carbocycles. The molecule has 2 aliphatic heterocycles. The molecule has 0 aliphatic carbocycles. The molecule has 1 aromatic heterocycles. The Kier molecular flexibility index (Phi) is 3.90. The minimum Gasteiger partial charge on any atom is -0.308 e. The fraction of sp³-hybridized carbons (Fsp3) is 0.312. The number of para-hydroxylation sites is 1. The molecule has 1 fully saturated rings. The molecule has 1 atom stereocenters. The molecule has 118 valence electrons. The van der Waals surface area contributed by atoms with Gasteiger partial charge in [-0.15, -0.1) is 0 Å². The molecule has 4 rings (SSSR count). The molecule has 1 amide bonds. The van der Waals surface area contributed by atoms with Crippen LogP contribution in [0.4, 0.5) is 11.4 Å². The molecule has 2 aromatic rings. The van der Waals surface area contributed by atoms with Crippen molar-refractivity contribution in [2.24, 2.45) is 12.0 Å². The highest BCUT2D eigenvalue weighted by Gasteiger charge is 2.35. The van der Waals surface area contributed by atoms with Crippen molar-refractivity contribution in [1.82, 2.24) is 9.78 Å². The zero-order chi connectivity index (χ0) is 15.8. The number of aryl methyl sites for hydroxylation is 1. The molecular weight excluding hydrogens is 328 g/mol. The first-order valence-corrected chi connectivity index (χ1v) is 9.33. The van der Waals surface area contributed by atoms with E-state index in [1.807, 2.05) is 36.3 Å². The predicted octanol–water partition coefficient (Wildman–Crippen LogP) is 3.19. The van der Waals surface area contributed by atoms with Crippen LogP contribution in [-0.2, 0) is 17.6 Å². The van der Waals surface area contributed by atoms with Crippen molar-refractivity contribution >= 4 is 45.2 Å². The van der Waals surface area contributed by atoms with Gasteiger partial charge in [0.2, 0.25) is 5.91 Å². The van der Waals surface area contributed by atoms with Crippen LogP contribution in [0.15, 0.2) is 41.7 Å². The maximum atomic E-state index is 12.6. The lowest BCUT2D eigenvalue weighted by Gasteiger charge is -2.17. The summed E-state index contributed by atoms with van der Waals surface area (Å²) in [6.45, 7) is 0.747. The molecule has 7 heteroatoms. The van der Waals surface area contributed by atoms with E-state index < -0.39 is 0 Å². The van der Waals surface area contributed by atoms with Crippen LogP contribution < -0.4 is 4.90 Å². The Hall–Kier alpha value is -1.73. The number of rotatable bonds is 2. The Labute approximate surface area is 143 Å². The number of benzene rings is 1. The summed E-state index contributed by atoms with van der Waals surface area (Å²) in [4.78, 5) is 19.2. The second-order valence-corrected chi connectivity index (χ2v) is 7.97. The number of anilines is 1. The van der Waals surface area contributed by atoms with E-state index >= 15 is 0 Å². The minimum absolute atomic E-state index is 0.0493. The van der Waals surface area contributed by atoms with Gasteiger partial charge < -0.3 is 4.90 Å². The molecule has 0 spiro atoms. The van der Waals surface area contributed by atoms with Crippen molar-refractivity contribution in [1.29, 1.82) is 0 Å². The fourth-order valence-corrected chi connectivity index (χ4v) is 5.09. The van der Waals surface area contributed by atoms with Crippen molar-refractivity contribution in [3.8, 4) is 0 Å². The Morgan fingerprint density at radius 1 is 1.35 bits per heavy atom. The maximum absolute atomic E-state index is 12.6. The van der Waals surface area contributed by atoms with Gasteiger partial charge >= 0.3 is 0 Å². The van der Waals surface area contributed by atoms with Crippen LogP contribution in [0.3, 0.4) is 0 Å². The van der Waals surface area contributed by atoms with Crippen molar-refractivity contribution < 1.29 is 4.79 Å². The number of hydrogen-bond donors (Lipinski definition) is 0. The summed E-state index contributed by atoms with van der Waals surface area (Å²) in [7, 11) is 1.86. The second-order valence-electron chi connectivity index (χ2n) is 5.55. The van der Waals surface area contributed by atoms with E-state index in [1.54, 1.807) is 34.4 Å². The van der Waals surface area contributed by atoms with E-state index in [2.05, 4.69) is 11.2 Å². The van der Waals surface area contributed by atoms with E-state index in [4.69, 9.17) is 4.99 Å². The van der Waals surface area contributed by atoms with Crippen LogP contribution in [0.1, 0.15) is 12.0 Å². The lowest BCUT2D eigenvalue weighted by atomic mass is 10.2. The van der Waals surface area contributed by atoms with E-state index in [0.29, 0.717) is 0 Å². The average molecular weight is 344 g/mol. The van der Waals surface area contributed by atoms with Crippen LogP contribution in [0.25, 0.3) is 0 Å². The van der Waals surface area contributed by atoms with Gasteiger partial charge in [-0.3, -0.25) is 9.48 Å². The summed E-state index contributed by atoms with van der Waals surface area (Å²) in [5.41, 5.74) is 3.17. The SMILES string of the molecule is Cn1cc(N2CCC(SC3=Nc4ccccc4CS3)C2=O)cn1. The predicted molar refractivity (Wildman–Crippen MR) is 96.4 cm³/mol. The van der Waals surface area contributed by atoms with Crippen molar-refractivity contribution in [2.75, 3.05) is 11.4 Å². The monoisotopic (exact) mass is 344 g/mol. The Morgan fingerprint density at radius 3 is 3.04 bits per heavy atom. The molecule has 0 N–H and O–H groups in total. The number of hydrogen-bond acceptors (Lipinski definition) is 5. The smallest absolute Gasteiger partial charge is 0.240 e. The van der Waals surface area contributed by atoms with Gasteiger partial charge in [-0.2, -0.15) is 5.10 Å². The van der Waals surface area contributed by atoms with Gasteiger partial charge in [-0.1, -0.05) is 41.7 Å². The van der Waals surface area contributed by atoms with Crippen molar-refractivity contribution in [2.45, 2.75) is 17.4 Å². The summed E-state index contributed by atoms with van der Waals surface area (Å²) < 4.78 is 2.72. The van der Waals surface area contributed by atoms with E-state index in [9.17, 15) is 4.79 Å². The summed E-state index contributed by atoms with van der Waals surface area (Å²) in [6, 6.07) is 8.19. The normalized spacial score (nSPS) is 20.6. The first-order valence-electron chi connectivity index (χ1n) is 7.47. The molecule has 1 saturated heterocycles. The number of aromatic nitrogens is 2. The van der Waals surface area contributed by atoms with Crippen molar-refractivity contribution in [3.05, 3.63) is 42.2 Å². The van der Waals surface area contributed by atoms with E-state index in [0.717, 1.165) is 34.5 Å². The molecular formula is C16H16N4OS2. The Morgan fingerprint density at radius 2 is 2.22 bits per heavy atom. The number of thioether (sulfide) groups is 2. The van der Waals surface area contributed by atoms with Gasteiger partial charge in [0.1, 0.15) is 4.38 Å². The standard InChI is InChI=1S/C16H16N4OS2/c1-19-9-12(8-17-19)20-7-6-14(15(20)21)23-16-18-13-5-3-2-4-11(13)10-22-16/h2-5,8-9,14H,6-7,10H2,1H3. The first-order chi connectivity index (χ1) is 11.2. The highest BCUT2D eigenvalue weighted by Crippen LogP contribution is 2.38. The molecule has 0 radical (unpaired) electrons. The van der Waals surface area contributed by atoms with Gasteiger partial charge in [-0.25, -0.2) is 4.99 Å².